The summed E-state index contributed by atoms with van der Waals surface area (Å²) in [6.45, 7) is 8.75. The van der Waals surface area contributed by atoms with E-state index in [0.29, 0.717) is 55.5 Å². The van der Waals surface area contributed by atoms with Crippen LogP contribution in [0.25, 0.3) is 0 Å². The van der Waals surface area contributed by atoms with Crippen molar-refractivity contribution in [3.8, 4) is 11.5 Å². The van der Waals surface area contributed by atoms with Crippen molar-refractivity contribution in [1.82, 2.24) is 20.0 Å². The van der Waals surface area contributed by atoms with Crippen LogP contribution in [0.5, 0.6) is 11.5 Å². The predicted molar refractivity (Wildman–Crippen MR) is 151 cm³/mol. The molecule has 1 saturated heterocycles. The van der Waals surface area contributed by atoms with Crippen LogP contribution in [-0.4, -0.2) is 78.0 Å². The van der Waals surface area contributed by atoms with Crippen molar-refractivity contribution in [2.24, 2.45) is 5.92 Å². The highest BCUT2D eigenvalue weighted by atomic mass is 16.5. The number of carbonyl (C=O) groups is 3. The summed E-state index contributed by atoms with van der Waals surface area (Å²) in [5, 5.41) is 3.03. The molecule has 2 heterocycles. The number of likely N-dealkylation sites (N-methyl/N-ethyl adjacent to an activating group) is 1. The number of para-hydroxylation sites is 1. The van der Waals surface area contributed by atoms with Gasteiger partial charge in [0, 0.05) is 50.4 Å². The molecule has 0 bridgehead atoms. The van der Waals surface area contributed by atoms with Gasteiger partial charge >= 0.3 is 12.0 Å². The Kier molecular flexibility index (Phi) is 8.40. The maximum absolute atomic E-state index is 13.5. The van der Waals surface area contributed by atoms with E-state index < -0.39 is 12.0 Å². The monoisotopic (exact) mass is 546 g/mol. The van der Waals surface area contributed by atoms with E-state index in [1.165, 1.54) is 0 Å². The van der Waals surface area contributed by atoms with Crippen molar-refractivity contribution in [2.75, 3.05) is 39.3 Å². The number of benzene rings is 2. The Bertz CT molecular complexity index is 1280. The molecule has 3 amide bonds. The summed E-state index contributed by atoms with van der Waals surface area (Å²) in [4.78, 5) is 45.4. The SMILES string of the molecule is CCOC(=O)C1=C(CN2CCN(C(=O)C3CC3)C(C)C2)N(CC)C(=O)NC1c1cccc(Oc2ccccc2)c1. The second-order valence-corrected chi connectivity index (χ2v) is 10.6. The summed E-state index contributed by atoms with van der Waals surface area (Å²) in [5.74, 6) is 1.28. The van der Waals surface area contributed by atoms with Gasteiger partial charge in [0.15, 0.2) is 0 Å². The summed E-state index contributed by atoms with van der Waals surface area (Å²) in [6, 6.07) is 16.0. The first-order chi connectivity index (χ1) is 19.4. The van der Waals surface area contributed by atoms with E-state index in [1.807, 2.05) is 66.4 Å². The highest BCUT2D eigenvalue weighted by molar-refractivity contribution is 5.95. The molecule has 0 aromatic heterocycles. The summed E-state index contributed by atoms with van der Waals surface area (Å²) in [6.07, 6.45) is 1.97. The van der Waals surface area contributed by atoms with Gasteiger partial charge in [-0.2, -0.15) is 0 Å². The fraction of sp³-hybridized carbons (Fsp3) is 0.452. The summed E-state index contributed by atoms with van der Waals surface area (Å²) >= 11 is 0. The molecule has 2 aromatic carbocycles. The minimum atomic E-state index is -0.696. The molecule has 2 aliphatic heterocycles. The molecule has 2 unspecified atom stereocenters. The third kappa shape index (κ3) is 5.99. The lowest BCUT2D eigenvalue weighted by Crippen LogP contribution is -2.56. The molecular weight excluding hydrogens is 508 g/mol. The molecule has 40 heavy (non-hydrogen) atoms. The minimum absolute atomic E-state index is 0.0589. The lowest BCUT2D eigenvalue weighted by molar-refractivity contribution is -0.139. The van der Waals surface area contributed by atoms with Gasteiger partial charge in [0.1, 0.15) is 11.5 Å². The molecule has 0 spiro atoms. The topological polar surface area (TPSA) is 91.4 Å². The number of hydrogen-bond acceptors (Lipinski definition) is 6. The van der Waals surface area contributed by atoms with Gasteiger partial charge in [-0.15, -0.1) is 0 Å². The molecule has 2 fully saturated rings. The third-order valence-corrected chi connectivity index (χ3v) is 7.71. The molecule has 212 valence electrons. The summed E-state index contributed by atoms with van der Waals surface area (Å²) < 4.78 is 11.6. The van der Waals surface area contributed by atoms with Crippen molar-refractivity contribution in [2.45, 2.75) is 45.7 Å². The average molecular weight is 547 g/mol. The number of carbonyl (C=O) groups excluding carboxylic acids is 3. The van der Waals surface area contributed by atoms with Crippen LogP contribution in [0.3, 0.4) is 0 Å². The lowest BCUT2D eigenvalue weighted by atomic mass is 9.93. The first-order valence-electron chi connectivity index (χ1n) is 14.2. The van der Waals surface area contributed by atoms with Crippen molar-refractivity contribution in [3.05, 3.63) is 71.4 Å². The Balaban J connectivity index is 1.45. The molecule has 1 aliphatic carbocycles. The predicted octanol–water partition coefficient (Wildman–Crippen LogP) is 4.33. The van der Waals surface area contributed by atoms with Crippen LogP contribution in [0.15, 0.2) is 65.9 Å². The van der Waals surface area contributed by atoms with E-state index in [2.05, 4.69) is 17.1 Å². The van der Waals surface area contributed by atoms with Gasteiger partial charge in [0.2, 0.25) is 5.91 Å². The van der Waals surface area contributed by atoms with Crippen LogP contribution in [0.1, 0.15) is 45.2 Å². The highest BCUT2D eigenvalue weighted by Gasteiger charge is 2.41. The van der Waals surface area contributed by atoms with Crippen molar-refractivity contribution >= 4 is 17.9 Å². The van der Waals surface area contributed by atoms with Crippen LogP contribution in [0, 0.1) is 5.92 Å². The molecule has 9 heteroatoms. The van der Waals surface area contributed by atoms with E-state index in [1.54, 1.807) is 11.8 Å². The number of nitrogens with one attached hydrogen (secondary N) is 1. The molecule has 1 saturated carbocycles. The number of hydrogen-bond donors (Lipinski definition) is 1. The van der Waals surface area contributed by atoms with E-state index in [4.69, 9.17) is 9.47 Å². The van der Waals surface area contributed by atoms with Gasteiger partial charge < -0.3 is 19.7 Å². The third-order valence-electron chi connectivity index (χ3n) is 7.71. The Morgan fingerprint density at radius 1 is 1.00 bits per heavy atom. The van der Waals surface area contributed by atoms with Gasteiger partial charge in [0.25, 0.3) is 0 Å². The quantitative estimate of drug-likeness (QED) is 0.471. The molecule has 9 nitrogen and oxygen atoms in total. The van der Waals surface area contributed by atoms with E-state index >= 15 is 0 Å². The van der Waals surface area contributed by atoms with E-state index in [9.17, 15) is 14.4 Å². The summed E-state index contributed by atoms with van der Waals surface area (Å²) in [5.41, 5.74) is 1.79. The average Bonchev–Trinajstić information content (AvgIpc) is 3.79. The first kappa shape index (κ1) is 27.7. The van der Waals surface area contributed by atoms with Crippen molar-refractivity contribution in [3.63, 3.8) is 0 Å². The normalized spacial score (nSPS) is 21.7. The standard InChI is InChI=1S/C31H38N4O5/c1-4-34-26(20-33-16-17-35(21(3)19-33)29(36)22-14-15-22)27(30(37)39-5-2)28(32-31(34)38)23-10-9-13-25(18-23)40-24-11-7-6-8-12-24/h6-13,18,21-22,28H,4-5,14-17,19-20H2,1-3H3,(H,32,38). The molecule has 5 rings (SSSR count). The minimum Gasteiger partial charge on any atom is -0.463 e. The maximum atomic E-state index is 13.5. The van der Waals surface area contributed by atoms with Crippen LogP contribution in [0.2, 0.25) is 0 Å². The lowest BCUT2D eigenvalue weighted by Gasteiger charge is -2.43. The van der Waals surface area contributed by atoms with Crippen LogP contribution in [-0.2, 0) is 14.3 Å². The number of nitrogens with zero attached hydrogens (tertiary/aromatic N) is 3. The Labute approximate surface area is 235 Å². The van der Waals surface area contributed by atoms with Gasteiger partial charge in [0.05, 0.1) is 18.2 Å². The molecule has 1 N–H and O–H groups in total. The Morgan fingerprint density at radius 2 is 1.75 bits per heavy atom. The zero-order valence-electron chi connectivity index (χ0n) is 23.5. The molecular formula is C31H38N4O5. The number of ether oxygens (including phenoxy) is 2. The number of rotatable bonds is 9. The van der Waals surface area contributed by atoms with Crippen molar-refractivity contribution in [1.29, 1.82) is 0 Å². The van der Waals surface area contributed by atoms with Gasteiger partial charge in [-0.05, 0) is 63.4 Å². The van der Waals surface area contributed by atoms with E-state index in [0.717, 1.165) is 18.4 Å². The molecule has 2 atom stereocenters. The fourth-order valence-electron chi connectivity index (χ4n) is 5.57. The Hall–Kier alpha value is -3.85. The van der Waals surface area contributed by atoms with Crippen LogP contribution < -0.4 is 10.1 Å². The second kappa shape index (κ2) is 12.1. The number of urea groups is 1. The van der Waals surface area contributed by atoms with Crippen LogP contribution in [0.4, 0.5) is 4.79 Å². The zero-order chi connectivity index (χ0) is 28.2. The Morgan fingerprint density at radius 3 is 2.42 bits per heavy atom. The van der Waals surface area contributed by atoms with E-state index in [-0.39, 0.29) is 30.5 Å². The van der Waals surface area contributed by atoms with Crippen LogP contribution >= 0.6 is 0 Å². The fourth-order valence-corrected chi connectivity index (χ4v) is 5.57. The highest BCUT2D eigenvalue weighted by Crippen LogP contribution is 2.35. The molecule has 0 radical (unpaired) electrons. The largest absolute Gasteiger partial charge is 0.463 e. The van der Waals surface area contributed by atoms with Gasteiger partial charge in [-0.1, -0.05) is 30.3 Å². The summed E-state index contributed by atoms with van der Waals surface area (Å²) in [7, 11) is 0. The second-order valence-electron chi connectivity index (χ2n) is 10.6. The van der Waals surface area contributed by atoms with Gasteiger partial charge in [-0.3, -0.25) is 14.6 Å². The molecule has 2 aromatic rings. The van der Waals surface area contributed by atoms with Gasteiger partial charge in [-0.25, -0.2) is 9.59 Å². The number of piperazine rings is 1. The molecule has 3 aliphatic rings. The smallest absolute Gasteiger partial charge is 0.338 e. The number of esters is 1. The maximum Gasteiger partial charge on any atom is 0.338 e. The number of amides is 3. The zero-order valence-corrected chi connectivity index (χ0v) is 23.5. The van der Waals surface area contributed by atoms with Crippen molar-refractivity contribution < 1.29 is 23.9 Å². The first-order valence-corrected chi connectivity index (χ1v) is 14.2.